The van der Waals surface area contributed by atoms with Crippen molar-refractivity contribution in [2.75, 3.05) is 19.6 Å². The number of rotatable bonds is 6. The third-order valence-electron chi connectivity index (χ3n) is 4.14. The Morgan fingerprint density at radius 2 is 1.91 bits per heavy atom. The fourth-order valence-electron chi connectivity index (χ4n) is 2.93. The highest BCUT2D eigenvalue weighted by Gasteiger charge is 2.23. The van der Waals surface area contributed by atoms with Crippen molar-refractivity contribution in [3.63, 3.8) is 0 Å². The first-order valence-corrected chi connectivity index (χ1v) is 8.73. The van der Waals surface area contributed by atoms with Gasteiger partial charge in [-0.05, 0) is 55.1 Å². The van der Waals surface area contributed by atoms with Crippen LogP contribution in [0.2, 0.25) is 0 Å². The number of thiophene rings is 1. The number of hydrogen-bond donors (Lipinski definition) is 0. The minimum atomic E-state index is -0.0597. The van der Waals surface area contributed by atoms with Gasteiger partial charge in [0.25, 0.3) is 0 Å². The van der Waals surface area contributed by atoms with E-state index in [0.29, 0.717) is 0 Å². The molecule has 1 saturated heterocycles. The average molecular weight is 311 g/mol. The van der Waals surface area contributed by atoms with Crippen molar-refractivity contribution in [2.45, 2.75) is 18.8 Å². The van der Waals surface area contributed by atoms with Gasteiger partial charge in [-0.2, -0.15) is 0 Å². The van der Waals surface area contributed by atoms with Gasteiger partial charge in [-0.3, -0.25) is 4.79 Å². The third kappa shape index (κ3) is 3.93. The van der Waals surface area contributed by atoms with Gasteiger partial charge in [0.2, 0.25) is 0 Å². The molecule has 22 heavy (non-hydrogen) atoms. The molecule has 0 spiro atoms. The van der Waals surface area contributed by atoms with E-state index in [4.69, 9.17) is 0 Å². The van der Waals surface area contributed by atoms with Gasteiger partial charge in [-0.25, -0.2) is 0 Å². The maximum absolute atomic E-state index is 12.7. The molecule has 0 aliphatic carbocycles. The summed E-state index contributed by atoms with van der Waals surface area (Å²) in [6.45, 7) is 3.06. The van der Waals surface area contributed by atoms with Gasteiger partial charge in [0.15, 0.2) is 5.78 Å². The smallest absolute Gasteiger partial charge is 0.164 e. The van der Waals surface area contributed by atoms with Crippen molar-refractivity contribution < 1.29 is 4.79 Å². The zero-order valence-corrected chi connectivity index (χ0v) is 13.5. The summed E-state index contributed by atoms with van der Waals surface area (Å²) in [5.74, 6) is 0.141. The molecule has 0 N–H and O–H groups in total. The van der Waals surface area contributed by atoms with E-state index in [0.717, 1.165) is 30.1 Å². The van der Waals surface area contributed by atoms with E-state index in [2.05, 4.69) is 17.0 Å². The van der Waals surface area contributed by atoms with E-state index >= 15 is 0 Å². The lowest BCUT2D eigenvalue weighted by Crippen LogP contribution is -2.29. The van der Waals surface area contributed by atoms with E-state index in [1.54, 1.807) is 17.4 Å². The molecule has 3 heteroatoms. The molecule has 1 aromatic heterocycles. The summed E-state index contributed by atoms with van der Waals surface area (Å²) in [5.41, 5.74) is 1.12. The van der Waals surface area contributed by atoms with Crippen molar-refractivity contribution in [1.82, 2.24) is 4.90 Å². The van der Waals surface area contributed by atoms with Gasteiger partial charge in [0.1, 0.15) is 0 Å². The molecule has 1 aromatic carbocycles. The monoisotopic (exact) mass is 311 g/mol. The van der Waals surface area contributed by atoms with Crippen LogP contribution in [0.1, 0.15) is 29.2 Å². The van der Waals surface area contributed by atoms with Crippen LogP contribution in [0.5, 0.6) is 0 Å². The molecule has 1 atom stereocenters. The van der Waals surface area contributed by atoms with Crippen molar-refractivity contribution >= 4 is 23.2 Å². The number of ketones is 1. The fraction of sp³-hybridized carbons (Fsp3) is 0.316. The Morgan fingerprint density at radius 1 is 1.14 bits per heavy atom. The number of hydrogen-bond acceptors (Lipinski definition) is 3. The predicted molar refractivity (Wildman–Crippen MR) is 93.2 cm³/mol. The van der Waals surface area contributed by atoms with Crippen LogP contribution in [0.4, 0.5) is 0 Å². The Bertz CT molecular complexity index is 612. The second kappa shape index (κ2) is 7.52. The summed E-state index contributed by atoms with van der Waals surface area (Å²) in [7, 11) is 0. The van der Waals surface area contributed by atoms with E-state index in [1.165, 1.54) is 12.8 Å². The molecule has 1 aliphatic rings. The predicted octanol–water partition coefficient (Wildman–Crippen LogP) is 4.21. The number of allylic oxidation sites excluding steroid dienone is 1. The van der Waals surface area contributed by atoms with Crippen LogP contribution in [0.15, 0.2) is 53.9 Å². The molecule has 2 nitrogen and oxygen atoms in total. The van der Waals surface area contributed by atoms with E-state index in [-0.39, 0.29) is 11.7 Å². The second-order valence-electron chi connectivity index (χ2n) is 5.72. The molecule has 0 radical (unpaired) electrons. The quantitative estimate of drug-likeness (QED) is 0.745. The molecule has 0 saturated carbocycles. The summed E-state index contributed by atoms with van der Waals surface area (Å²) in [6.07, 6.45) is 6.19. The Hall–Kier alpha value is -1.71. The van der Waals surface area contributed by atoms with Crippen LogP contribution in [-0.2, 0) is 4.79 Å². The Balaban J connectivity index is 1.76. The molecule has 2 heterocycles. The molecule has 1 aliphatic heterocycles. The van der Waals surface area contributed by atoms with Crippen LogP contribution in [-0.4, -0.2) is 30.3 Å². The van der Waals surface area contributed by atoms with E-state index in [1.807, 2.05) is 41.8 Å². The third-order valence-corrected chi connectivity index (χ3v) is 4.98. The number of nitrogens with zero attached hydrogens (tertiary/aromatic N) is 1. The summed E-state index contributed by atoms with van der Waals surface area (Å²) < 4.78 is 0. The maximum atomic E-state index is 12.7. The standard InChI is InChI=1S/C19H21NOS/c21-19(11-10-17-9-6-14-22-17)18(15-20-12-4-5-13-20)16-7-2-1-3-8-16/h1-3,6-11,14,18H,4-5,12-13,15H2. The lowest BCUT2D eigenvalue weighted by Gasteiger charge is -2.22. The average Bonchev–Trinajstić information content (AvgIpc) is 3.24. The van der Waals surface area contributed by atoms with E-state index < -0.39 is 0 Å². The molecule has 0 amide bonds. The van der Waals surface area contributed by atoms with Crippen molar-refractivity contribution in [1.29, 1.82) is 0 Å². The Labute approximate surface area is 136 Å². The summed E-state index contributed by atoms with van der Waals surface area (Å²) >= 11 is 1.66. The molecule has 1 unspecified atom stereocenters. The molecule has 1 fully saturated rings. The molecule has 2 aromatic rings. The zero-order valence-electron chi connectivity index (χ0n) is 12.7. The highest BCUT2D eigenvalue weighted by atomic mass is 32.1. The van der Waals surface area contributed by atoms with Gasteiger partial charge in [-0.1, -0.05) is 36.4 Å². The van der Waals surface area contributed by atoms with Crippen LogP contribution < -0.4 is 0 Å². The van der Waals surface area contributed by atoms with E-state index in [9.17, 15) is 4.79 Å². The summed E-state index contributed by atoms with van der Waals surface area (Å²) in [6, 6.07) is 14.2. The largest absolute Gasteiger partial charge is 0.302 e. The minimum Gasteiger partial charge on any atom is -0.302 e. The molecular weight excluding hydrogens is 290 g/mol. The Morgan fingerprint density at radius 3 is 2.59 bits per heavy atom. The first-order valence-electron chi connectivity index (χ1n) is 7.85. The van der Waals surface area contributed by atoms with Crippen LogP contribution >= 0.6 is 11.3 Å². The highest BCUT2D eigenvalue weighted by Crippen LogP contribution is 2.22. The maximum Gasteiger partial charge on any atom is 0.164 e. The topological polar surface area (TPSA) is 20.3 Å². The van der Waals surface area contributed by atoms with Crippen LogP contribution in [0.25, 0.3) is 6.08 Å². The lowest BCUT2D eigenvalue weighted by molar-refractivity contribution is -0.116. The normalized spacial score (nSPS) is 17.1. The van der Waals surface area contributed by atoms with Gasteiger partial charge in [0.05, 0.1) is 5.92 Å². The highest BCUT2D eigenvalue weighted by molar-refractivity contribution is 7.10. The number of benzene rings is 1. The first-order chi connectivity index (χ1) is 10.8. The Kier molecular flexibility index (Phi) is 5.20. The summed E-state index contributed by atoms with van der Waals surface area (Å²) in [5, 5.41) is 2.03. The second-order valence-corrected chi connectivity index (χ2v) is 6.70. The molecule has 114 valence electrons. The van der Waals surface area contributed by atoms with Gasteiger partial charge < -0.3 is 4.90 Å². The number of carbonyl (C=O) groups excluding carboxylic acids is 1. The van der Waals surface area contributed by atoms with Crippen LogP contribution in [0.3, 0.4) is 0 Å². The number of likely N-dealkylation sites (tertiary alicyclic amines) is 1. The van der Waals surface area contributed by atoms with Gasteiger partial charge in [0, 0.05) is 11.4 Å². The van der Waals surface area contributed by atoms with Crippen molar-refractivity contribution in [3.05, 3.63) is 64.4 Å². The molecule has 3 rings (SSSR count). The zero-order chi connectivity index (χ0) is 15.2. The number of carbonyl (C=O) groups is 1. The molecule has 0 bridgehead atoms. The fourth-order valence-corrected chi connectivity index (χ4v) is 3.55. The van der Waals surface area contributed by atoms with Crippen molar-refractivity contribution in [3.8, 4) is 0 Å². The lowest BCUT2D eigenvalue weighted by atomic mass is 9.93. The van der Waals surface area contributed by atoms with Crippen LogP contribution in [0, 0.1) is 0 Å². The minimum absolute atomic E-state index is 0.0597. The van der Waals surface area contributed by atoms with Gasteiger partial charge >= 0.3 is 0 Å². The molecular formula is C19H21NOS. The van der Waals surface area contributed by atoms with Crippen molar-refractivity contribution in [2.24, 2.45) is 0 Å². The SMILES string of the molecule is O=C(C=Cc1cccs1)C(CN1CCCC1)c1ccccc1. The first kappa shape index (κ1) is 15.2. The summed E-state index contributed by atoms with van der Waals surface area (Å²) in [4.78, 5) is 16.3. The van der Waals surface area contributed by atoms with Gasteiger partial charge in [-0.15, -0.1) is 11.3 Å².